The van der Waals surface area contributed by atoms with Crippen LogP contribution < -0.4 is 0 Å². The molecule has 16 heavy (non-hydrogen) atoms. The van der Waals surface area contributed by atoms with Gasteiger partial charge in [0.05, 0.1) is 12.2 Å². The van der Waals surface area contributed by atoms with Crippen LogP contribution in [0.1, 0.15) is 36.1 Å². The standard InChI is InChI=1S/C15H22O/c1-9-6-10(2)14(11(3)7-9)8-12(4)15-13(5)16-15/h6-7,12-13,15H,8H2,1-5H3. The van der Waals surface area contributed by atoms with E-state index in [0.717, 1.165) is 6.42 Å². The van der Waals surface area contributed by atoms with Gasteiger partial charge in [-0.05, 0) is 56.7 Å². The van der Waals surface area contributed by atoms with Crippen molar-refractivity contribution in [1.29, 1.82) is 0 Å². The Balaban J connectivity index is 2.14. The smallest absolute Gasteiger partial charge is 0.0867 e. The van der Waals surface area contributed by atoms with E-state index >= 15 is 0 Å². The number of ether oxygens (including phenoxy) is 1. The summed E-state index contributed by atoms with van der Waals surface area (Å²) in [7, 11) is 0. The minimum absolute atomic E-state index is 0.473. The third kappa shape index (κ3) is 2.30. The first kappa shape index (κ1) is 11.7. The Labute approximate surface area is 98.8 Å². The summed E-state index contributed by atoms with van der Waals surface area (Å²) >= 11 is 0. The lowest BCUT2D eigenvalue weighted by atomic mass is 9.90. The Kier molecular flexibility index (Phi) is 3.07. The summed E-state index contributed by atoms with van der Waals surface area (Å²) in [6, 6.07) is 4.57. The SMILES string of the molecule is Cc1cc(C)c(CC(C)C2OC2C)c(C)c1. The van der Waals surface area contributed by atoms with Crippen molar-refractivity contribution in [3.8, 4) is 0 Å². The van der Waals surface area contributed by atoms with Crippen molar-refractivity contribution in [1.82, 2.24) is 0 Å². The van der Waals surface area contributed by atoms with E-state index in [4.69, 9.17) is 4.74 Å². The molecule has 0 radical (unpaired) electrons. The van der Waals surface area contributed by atoms with Gasteiger partial charge in [0.25, 0.3) is 0 Å². The normalized spacial score (nSPS) is 25.6. The summed E-state index contributed by atoms with van der Waals surface area (Å²) in [5, 5.41) is 0. The summed E-state index contributed by atoms with van der Waals surface area (Å²) in [6.07, 6.45) is 2.11. The second kappa shape index (κ2) is 4.21. The zero-order valence-corrected chi connectivity index (χ0v) is 11.0. The molecule has 1 fully saturated rings. The van der Waals surface area contributed by atoms with Crippen molar-refractivity contribution >= 4 is 0 Å². The van der Waals surface area contributed by atoms with Crippen LogP contribution in [-0.2, 0) is 11.2 Å². The highest BCUT2D eigenvalue weighted by atomic mass is 16.6. The van der Waals surface area contributed by atoms with Crippen molar-refractivity contribution in [3.05, 3.63) is 34.4 Å². The monoisotopic (exact) mass is 218 g/mol. The fraction of sp³-hybridized carbons (Fsp3) is 0.600. The Bertz CT molecular complexity index is 371. The van der Waals surface area contributed by atoms with Crippen molar-refractivity contribution in [2.24, 2.45) is 5.92 Å². The number of benzene rings is 1. The van der Waals surface area contributed by atoms with Gasteiger partial charge >= 0.3 is 0 Å². The average molecular weight is 218 g/mol. The fourth-order valence-electron chi connectivity index (χ4n) is 2.77. The second-order valence-electron chi connectivity index (χ2n) is 5.36. The molecule has 0 N–H and O–H groups in total. The van der Waals surface area contributed by atoms with E-state index in [1.54, 1.807) is 0 Å². The van der Waals surface area contributed by atoms with Crippen LogP contribution in [0.2, 0.25) is 0 Å². The summed E-state index contributed by atoms with van der Waals surface area (Å²) in [5.74, 6) is 0.634. The predicted octanol–water partition coefficient (Wildman–Crippen LogP) is 3.58. The molecule has 0 aliphatic carbocycles. The van der Waals surface area contributed by atoms with Gasteiger partial charge in [-0.1, -0.05) is 24.6 Å². The zero-order chi connectivity index (χ0) is 11.9. The zero-order valence-electron chi connectivity index (χ0n) is 11.0. The minimum atomic E-state index is 0.473. The second-order valence-corrected chi connectivity index (χ2v) is 5.36. The molecule has 88 valence electrons. The molecule has 1 nitrogen and oxygen atoms in total. The maximum absolute atomic E-state index is 5.55. The predicted molar refractivity (Wildman–Crippen MR) is 67.9 cm³/mol. The average Bonchev–Trinajstić information content (AvgIpc) is 2.88. The molecule has 0 amide bonds. The molecule has 1 aliphatic heterocycles. The number of hydrogen-bond acceptors (Lipinski definition) is 1. The van der Waals surface area contributed by atoms with Crippen LogP contribution in [0, 0.1) is 26.7 Å². The van der Waals surface area contributed by atoms with Gasteiger partial charge in [-0.3, -0.25) is 0 Å². The van der Waals surface area contributed by atoms with Crippen molar-refractivity contribution < 1.29 is 4.74 Å². The van der Waals surface area contributed by atoms with E-state index in [1.807, 2.05) is 0 Å². The van der Waals surface area contributed by atoms with Gasteiger partial charge in [-0.25, -0.2) is 0 Å². The van der Waals surface area contributed by atoms with E-state index in [-0.39, 0.29) is 0 Å². The molecule has 1 aliphatic rings. The first-order chi connectivity index (χ1) is 7.49. The topological polar surface area (TPSA) is 12.5 Å². The minimum Gasteiger partial charge on any atom is -0.370 e. The van der Waals surface area contributed by atoms with Gasteiger partial charge in [0.2, 0.25) is 0 Å². The largest absolute Gasteiger partial charge is 0.370 e. The quantitative estimate of drug-likeness (QED) is 0.706. The molecule has 1 aromatic carbocycles. The molecule has 0 bridgehead atoms. The van der Waals surface area contributed by atoms with Crippen LogP contribution >= 0.6 is 0 Å². The van der Waals surface area contributed by atoms with Crippen molar-refractivity contribution in [2.45, 2.75) is 53.2 Å². The van der Waals surface area contributed by atoms with E-state index in [1.165, 1.54) is 22.3 Å². The molecule has 0 saturated carbocycles. The van der Waals surface area contributed by atoms with E-state index in [0.29, 0.717) is 18.1 Å². The summed E-state index contributed by atoms with van der Waals surface area (Å²) in [6.45, 7) is 11.1. The molecule has 0 spiro atoms. The Hall–Kier alpha value is -0.820. The summed E-state index contributed by atoms with van der Waals surface area (Å²) in [5.41, 5.74) is 5.73. The van der Waals surface area contributed by atoms with Gasteiger partial charge in [0, 0.05) is 0 Å². The highest BCUT2D eigenvalue weighted by Gasteiger charge is 2.38. The van der Waals surface area contributed by atoms with Gasteiger partial charge < -0.3 is 4.74 Å². The first-order valence-corrected chi connectivity index (χ1v) is 6.21. The number of rotatable bonds is 3. The Morgan fingerprint density at radius 1 is 1.19 bits per heavy atom. The molecule has 1 heteroatoms. The molecular formula is C15H22O. The molecule has 1 saturated heterocycles. The molecular weight excluding hydrogens is 196 g/mol. The molecule has 3 atom stereocenters. The number of hydrogen-bond donors (Lipinski definition) is 0. The number of epoxide rings is 1. The van der Waals surface area contributed by atoms with Crippen LogP contribution in [0.4, 0.5) is 0 Å². The molecule has 1 heterocycles. The lowest BCUT2D eigenvalue weighted by Crippen LogP contribution is -2.11. The summed E-state index contributed by atoms with van der Waals surface area (Å²) < 4.78 is 5.55. The fourth-order valence-corrected chi connectivity index (χ4v) is 2.77. The first-order valence-electron chi connectivity index (χ1n) is 6.21. The van der Waals surface area contributed by atoms with Crippen molar-refractivity contribution in [3.63, 3.8) is 0 Å². The van der Waals surface area contributed by atoms with Crippen molar-refractivity contribution in [2.75, 3.05) is 0 Å². The van der Waals surface area contributed by atoms with E-state index in [9.17, 15) is 0 Å². The third-order valence-electron chi connectivity index (χ3n) is 3.69. The van der Waals surface area contributed by atoms with Gasteiger partial charge in [-0.15, -0.1) is 0 Å². The van der Waals surface area contributed by atoms with Crippen LogP contribution in [0.5, 0.6) is 0 Å². The maximum atomic E-state index is 5.55. The van der Waals surface area contributed by atoms with Crippen LogP contribution in [-0.4, -0.2) is 12.2 Å². The van der Waals surface area contributed by atoms with Gasteiger partial charge in [0.15, 0.2) is 0 Å². The molecule has 3 unspecified atom stereocenters. The summed E-state index contributed by atoms with van der Waals surface area (Å²) in [4.78, 5) is 0. The maximum Gasteiger partial charge on any atom is 0.0867 e. The van der Waals surface area contributed by atoms with E-state index < -0.39 is 0 Å². The van der Waals surface area contributed by atoms with E-state index in [2.05, 4.69) is 46.8 Å². The van der Waals surface area contributed by atoms with Crippen LogP contribution in [0.15, 0.2) is 12.1 Å². The Morgan fingerprint density at radius 2 is 1.69 bits per heavy atom. The Morgan fingerprint density at radius 3 is 2.12 bits per heavy atom. The third-order valence-corrected chi connectivity index (χ3v) is 3.69. The van der Waals surface area contributed by atoms with Gasteiger partial charge in [-0.2, -0.15) is 0 Å². The molecule has 0 aromatic heterocycles. The van der Waals surface area contributed by atoms with Gasteiger partial charge in [0.1, 0.15) is 0 Å². The van der Waals surface area contributed by atoms with Crippen LogP contribution in [0.3, 0.4) is 0 Å². The highest BCUT2D eigenvalue weighted by molar-refractivity contribution is 5.37. The highest BCUT2D eigenvalue weighted by Crippen LogP contribution is 2.32. The van der Waals surface area contributed by atoms with Crippen LogP contribution in [0.25, 0.3) is 0 Å². The molecule has 1 aromatic rings. The lowest BCUT2D eigenvalue weighted by Gasteiger charge is -2.15. The molecule has 2 rings (SSSR count). The lowest BCUT2D eigenvalue weighted by molar-refractivity contribution is 0.328. The number of aryl methyl sites for hydroxylation is 3.